The van der Waals surface area contributed by atoms with Gasteiger partial charge >= 0.3 is 0 Å². The Balaban J connectivity index is 0.0000000974. The predicted octanol–water partition coefficient (Wildman–Crippen LogP) is 42.3. The highest BCUT2D eigenvalue weighted by Crippen LogP contribution is 2.47. The van der Waals surface area contributed by atoms with Gasteiger partial charge in [0.15, 0.2) is 0 Å². The smallest absolute Gasteiger partial charge is 0.143 e. The summed E-state index contributed by atoms with van der Waals surface area (Å²) in [6.07, 6.45) is 0. The first-order chi connectivity index (χ1) is 70.3. The number of rotatable bonds is 0. The average molecular weight is 1920 g/mol. The predicted molar refractivity (Wildman–Crippen MR) is 629 cm³/mol. The molecule has 0 aliphatic rings. The van der Waals surface area contributed by atoms with Crippen LogP contribution in [0.5, 0.6) is 0 Å². The molecule has 0 saturated carbocycles. The third-order valence-electron chi connectivity index (χ3n) is 29.4. The zero-order chi connectivity index (χ0) is 102. The zero-order valence-corrected chi connectivity index (χ0v) is 88.2. The lowest BCUT2D eigenvalue weighted by atomic mass is 9.84. The quantitative estimate of drug-likeness (QED) is 0.149. The SMILES string of the molecule is CC(C)(C)c1ccc2c(c1)oc1c3ccccc3ccc21.CC(C)(C)c1ccc2c(c1)oc1cc3ccccc3cc12.CC(C)(C)c1ccc2oc3c4ccccc4ccc3c2c1.CC(C)(C)c1ccc2oc3cc4ccccc4cc3c2c1.CC(C)(C)c1cccc2c1oc1c3ccccc3ccc21.CC(C)(C)c1cccc2c1oc1cc3ccccc3cc12.CC(C)(C)c1cccc2oc3c4ccccc4ccc3c12. The van der Waals surface area contributed by atoms with Gasteiger partial charge in [0.2, 0.25) is 0 Å². The fourth-order valence-electron chi connectivity index (χ4n) is 21.2. The molecule has 7 heteroatoms. The normalized spacial score (nSPS) is 12.5. The lowest BCUT2D eigenvalue weighted by molar-refractivity contribution is 0.572. The molecule has 7 heterocycles. The number of fused-ring (bicyclic) bond motifs is 32. The van der Waals surface area contributed by atoms with Crippen LogP contribution in [0.1, 0.15) is 184 Å². The third kappa shape index (κ3) is 18.3. The second-order valence-electron chi connectivity index (χ2n) is 47.1. The van der Waals surface area contributed by atoms with Gasteiger partial charge in [-0.3, -0.25) is 0 Å². The molecule has 0 N–H and O–H groups in total. The summed E-state index contributed by atoms with van der Waals surface area (Å²) >= 11 is 0. The van der Waals surface area contributed by atoms with Crippen molar-refractivity contribution in [2.75, 3.05) is 0 Å². The van der Waals surface area contributed by atoms with E-state index in [1.165, 1.54) is 190 Å². The van der Waals surface area contributed by atoms with Gasteiger partial charge in [-0.25, -0.2) is 0 Å². The highest BCUT2D eigenvalue weighted by Gasteiger charge is 2.28. The topological polar surface area (TPSA) is 92.0 Å². The molecule has 0 aliphatic carbocycles. The van der Waals surface area contributed by atoms with Gasteiger partial charge in [0.05, 0.1) is 0 Å². The van der Waals surface area contributed by atoms with E-state index in [2.05, 4.69) is 528 Å². The number of hydrogen-bond donors (Lipinski definition) is 0. The fourth-order valence-corrected chi connectivity index (χ4v) is 21.2. The molecule has 728 valence electrons. The zero-order valence-electron chi connectivity index (χ0n) is 88.2. The summed E-state index contributed by atoms with van der Waals surface area (Å²) in [5.41, 5.74) is 23.8. The number of para-hydroxylation sites is 2. The summed E-state index contributed by atoms with van der Waals surface area (Å²) in [6, 6.07) is 135. The molecule has 147 heavy (non-hydrogen) atoms. The second-order valence-corrected chi connectivity index (χ2v) is 47.1. The minimum Gasteiger partial charge on any atom is -0.456 e. The first-order valence-corrected chi connectivity index (χ1v) is 51.7. The van der Waals surface area contributed by atoms with Crippen LogP contribution in [0, 0.1) is 0 Å². The molecule has 7 aromatic heterocycles. The second kappa shape index (κ2) is 36.7. The van der Waals surface area contributed by atoms with E-state index in [-0.39, 0.29) is 37.9 Å². The number of furan rings is 7. The van der Waals surface area contributed by atoms with E-state index in [1.54, 1.807) is 0 Å². The summed E-state index contributed by atoms with van der Waals surface area (Å²) in [4.78, 5) is 0. The molecule has 0 spiro atoms. The first-order valence-electron chi connectivity index (χ1n) is 51.7. The van der Waals surface area contributed by atoms with Gasteiger partial charge in [0, 0.05) is 108 Å². The maximum absolute atomic E-state index is 6.32. The van der Waals surface area contributed by atoms with Gasteiger partial charge < -0.3 is 30.9 Å². The summed E-state index contributed by atoms with van der Waals surface area (Å²) in [5.74, 6) is 0. The van der Waals surface area contributed by atoms with Crippen LogP contribution in [0.4, 0.5) is 0 Å². The van der Waals surface area contributed by atoms with Crippen LogP contribution < -0.4 is 0 Å². The van der Waals surface area contributed by atoms with E-state index in [1.807, 2.05) is 0 Å². The molecule has 21 aromatic carbocycles. The molecule has 0 atom stereocenters. The minimum atomic E-state index is 0.0726. The van der Waals surface area contributed by atoms with Gasteiger partial charge in [-0.2, -0.15) is 0 Å². The molecule has 28 aromatic rings. The summed E-state index contributed by atoms with van der Waals surface area (Å²) < 4.78 is 43.2. The highest BCUT2D eigenvalue weighted by molar-refractivity contribution is 6.21. The molecule has 0 unspecified atom stereocenters. The standard InChI is InChI=1S/7C20H18O/c1-20(2,3)17-10-6-9-15-16-11-13-7-4-5-8-14(13)12-18(16)21-19(15)17;1-20(2,3)16-9-6-10-17-18(16)15-12-11-13-7-4-5-8-14(13)19(15)21-17;1-20(2,3)17-10-6-9-15-16-12-11-13-7-4-5-8-14(13)18(16)21-19(15)17;1-20(2,3)14-9-11-16-17-10-8-13-6-4-5-7-15(13)19(17)21-18(16)12-14;1-20(2,3)14-9-11-18-17(12-14)16-10-8-13-6-4-5-7-15(13)19(16)21-18;1-20(2,3)15-8-9-18-17(12-15)16-10-13-6-4-5-7-14(13)11-19(16)21-18;1-20(2,3)15-8-9-16-17-10-13-6-4-5-7-14(13)11-18(17)21-19(16)12-15/h7*4-12H,1-3H3. The molecule has 7 nitrogen and oxygen atoms in total. The Bertz CT molecular complexity index is 9780. The van der Waals surface area contributed by atoms with Crippen molar-refractivity contribution in [3.8, 4) is 0 Å². The lowest BCUT2D eigenvalue weighted by Gasteiger charge is -2.19. The van der Waals surface area contributed by atoms with E-state index in [0.717, 1.165) is 78.2 Å². The Kier molecular flexibility index (Phi) is 23.9. The number of benzene rings is 21. The monoisotopic (exact) mass is 1920 g/mol. The molecule has 28 rings (SSSR count). The Morgan fingerprint density at radius 3 is 0.789 bits per heavy atom. The number of hydrogen-bond acceptors (Lipinski definition) is 7. The van der Waals surface area contributed by atoms with Crippen LogP contribution in [0.2, 0.25) is 0 Å². The Morgan fingerprint density at radius 1 is 0.122 bits per heavy atom. The van der Waals surface area contributed by atoms with Gasteiger partial charge in [0.25, 0.3) is 0 Å². The van der Waals surface area contributed by atoms with E-state index in [4.69, 9.17) is 30.9 Å². The van der Waals surface area contributed by atoms with Crippen molar-refractivity contribution in [2.45, 2.75) is 183 Å². The van der Waals surface area contributed by atoms with Crippen LogP contribution in [0.25, 0.3) is 229 Å². The Morgan fingerprint density at radius 2 is 0.361 bits per heavy atom. The summed E-state index contributed by atoms with van der Waals surface area (Å²) in [7, 11) is 0. The molecule has 0 bridgehead atoms. The van der Waals surface area contributed by atoms with Crippen molar-refractivity contribution in [3.05, 3.63) is 421 Å². The average Bonchev–Trinajstić information content (AvgIpc) is 1.60. The molecular formula is C140H126O7. The van der Waals surface area contributed by atoms with Crippen molar-refractivity contribution >= 4 is 229 Å². The van der Waals surface area contributed by atoms with Gasteiger partial charge in [0.1, 0.15) is 78.2 Å². The maximum Gasteiger partial charge on any atom is 0.143 e. The van der Waals surface area contributed by atoms with E-state index >= 15 is 0 Å². The third-order valence-corrected chi connectivity index (χ3v) is 29.4. The molecule has 0 fully saturated rings. The first kappa shape index (κ1) is 95.9. The van der Waals surface area contributed by atoms with Crippen molar-refractivity contribution in [2.24, 2.45) is 0 Å². The fraction of sp³-hybridized carbons (Fsp3) is 0.200. The van der Waals surface area contributed by atoms with Crippen LogP contribution in [-0.4, -0.2) is 0 Å². The van der Waals surface area contributed by atoms with E-state index < -0.39 is 0 Å². The van der Waals surface area contributed by atoms with Crippen molar-refractivity contribution < 1.29 is 30.9 Å². The lowest BCUT2D eigenvalue weighted by Crippen LogP contribution is -2.11. The van der Waals surface area contributed by atoms with Crippen LogP contribution in [0.3, 0.4) is 0 Å². The Labute approximate surface area is 858 Å². The van der Waals surface area contributed by atoms with Crippen LogP contribution >= 0.6 is 0 Å². The molecule has 0 amide bonds. The summed E-state index contributed by atoms with van der Waals surface area (Å²) in [5, 5.41) is 34.0. The molecule has 0 radical (unpaired) electrons. The Hall–Kier alpha value is -16.0. The minimum absolute atomic E-state index is 0.0726. The summed E-state index contributed by atoms with van der Waals surface area (Å²) in [6.45, 7) is 46.9. The molecule has 0 aliphatic heterocycles. The van der Waals surface area contributed by atoms with Gasteiger partial charge in [-0.15, -0.1) is 0 Å². The van der Waals surface area contributed by atoms with Crippen molar-refractivity contribution in [3.63, 3.8) is 0 Å². The van der Waals surface area contributed by atoms with Gasteiger partial charge in [-0.05, 0) is 223 Å². The highest BCUT2D eigenvalue weighted by atomic mass is 16.4. The van der Waals surface area contributed by atoms with Crippen LogP contribution in [0.15, 0.2) is 413 Å². The molecular weight excluding hydrogens is 1790 g/mol. The van der Waals surface area contributed by atoms with Crippen molar-refractivity contribution in [1.82, 2.24) is 0 Å². The maximum atomic E-state index is 6.32. The van der Waals surface area contributed by atoms with Gasteiger partial charge in [-0.1, -0.05) is 424 Å². The van der Waals surface area contributed by atoms with E-state index in [9.17, 15) is 0 Å². The van der Waals surface area contributed by atoms with Crippen molar-refractivity contribution in [1.29, 1.82) is 0 Å². The van der Waals surface area contributed by atoms with E-state index in [0.29, 0.717) is 0 Å². The molecule has 0 saturated heterocycles. The largest absolute Gasteiger partial charge is 0.456 e. The van der Waals surface area contributed by atoms with Crippen LogP contribution in [-0.2, 0) is 37.9 Å².